The summed E-state index contributed by atoms with van der Waals surface area (Å²) < 4.78 is 57.6. The smallest absolute Gasteiger partial charge is 0.382 e. The summed E-state index contributed by atoms with van der Waals surface area (Å²) in [6.07, 6.45) is 1.67. The second-order valence-electron chi connectivity index (χ2n) is 10.1. The van der Waals surface area contributed by atoms with Crippen LogP contribution in [0.15, 0.2) is 25.3 Å². The summed E-state index contributed by atoms with van der Waals surface area (Å²) in [5, 5.41) is 0. The highest BCUT2D eigenvalue weighted by atomic mass is 32.7. The van der Waals surface area contributed by atoms with E-state index in [9.17, 15) is 14.4 Å². The molecule has 20 nitrogen and oxygen atoms in total. The molecule has 2 aliphatic rings. The van der Waals surface area contributed by atoms with Crippen LogP contribution in [0.1, 0.15) is 25.3 Å². The number of rotatable bonds is 13. The van der Waals surface area contributed by atoms with E-state index < -0.39 is 57.0 Å². The first-order chi connectivity index (χ1) is 22.0. The molecule has 6 N–H and O–H groups in total. The maximum absolute atomic E-state index is 14.1. The predicted molar refractivity (Wildman–Crippen MR) is 165 cm³/mol. The summed E-state index contributed by atoms with van der Waals surface area (Å²) >= 11 is 5.10. The number of fused-ring (bicyclic) bond motifs is 2. The summed E-state index contributed by atoms with van der Waals surface area (Å²) in [5.74, 6) is 0.401. The van der Waals surface area contributed by atoms with Crippen LogP contribution in [0, 0.1) is 0 Å². The first kappa shape index (κ1) is 33.5. The molecule has 6 heterocycles. The van der Waals surface area contributed by atoms with Crippen LogP contribution in [0.3, 0.4) is 0 Å². The van der Waals surface area contributed by atoms with Gasteiger partial charge >= 0.3 is 13.5 Å². The van der Waals surface area contributed by atoms with Crippen LogP contribution in [0.4, 0.5) is 11.6 Å². The molecule has 7 atom stereocenters. The quantitative estimate of drug-likeness (QED) is 0.112. The van der Waals surface area contributed by atoms with Crippen molar-refractivity contribution >= 4 is 70.9 Å². The summed E-state index contributed by atoms with van der Waals surface area (Å²) in [6.45, 7) is -8.81. The number of nitrogen functional groups attached to an aromatic ring is 2. The lowest BCUT2D eigenvalue weighted by atomic mass is 10.1. The van der Waals surface area contributed by atoms with Crippen LogP contribution in [-0.2, 0) is 48.3 Å². The normalized spacial score (nSPS) is 26.7. The summed E-state index contributed by atoms with van der Waals surface area (Å²) in [6, 6.07) is 0. The van der Waals surface area contributed by atoms with E-state index in [2.05, 4.69) is 41.7 Å². The lowest BCUT2D eigenvalue weighted by Gasteiger charge is -2.27. The average Bonchev–Trinajstić information content (AvgIpc) is 3.80. The molecule has 2 saturated heterocycles. The zero-order valence-corrected chi connectivity index (χ0v) is 27.6. The van der Waals surface area contributed by atoms with Crippen LogP contribution in [-0.4, -0.2) is 101 Å². The lowest BCUT2D eigenvalue weighted by Crippen LogP contribution is -2.37. The van der Waals surface area contributed by atoms with Gasteiger partial charge in [-0.2, -0.15) is 0 Å². The van der Waals surface area contributed by atoms with Crippen molar-refractivity contribution in [3.8, 4) is 0 Å². The highest BCUT2D eigenvalue weighted by Crippen LogP contribution is 2.63. The van der Waals surface area contributed by atoms with Crippen LogP contribution >= 0.6 is 25.2 Å². The van der Waals surface area contributed by atoms with Gasteiger partial charge in [0.1, 0.15) is 59.9 Å². The molecule has 0 saturated carbocycles. The Kier molecular flexibility index (Phi) is 9.89. The van der Waals surface area contributed by atoms with Crippen molar-refractivity contribution in [3.05, 3.63) is 25.3 Å². The van der Waals surface area contributed by atoms with Crippen molar-refractivity contribution in [2.75, 3.05) is 38.9 Å². The Bertz CT molecular complexity index is 1790. The fraction of sp³-hybridized carbons (Fsp3) is 0.545. The topological polar surface area (TPSA) is 261 Å². The summed E-state index contributed by atoms with van der Waals surface area (Å²) in [5.41, 5.74) is 13.5. The molecule has 6 rings (SSSR count). The second-order valence-corrected chi connectivity index (χ2v) is 16.4. The van der Waals surface area contributed by atoms with E-state index in [1.54, 1.807) is 10.9 Å². The van der Waals surface area contributed by atoms with Gasteiger partial charge in [0, 0.05) is 7.11 Å². The van der Waals surface area contributed by atoms with Crippen molar-refractivity contribution in [1.29, 1.82) is 0 Å². The molecule has 0 aromatic carbocycles. The third-order valence-corrected chi connectivity index (χ3v) is 10.9. The Balaban J connectivity index is 1.20. The maximum atomic E-state index is 14.1. The Hall–Kier alpha value is -2.43. The number of imidazole rings is 2. The molecule has 4 aromatic heterocycles. The molecule has 0 radical (unpaired) electrons. The van der Waals surface area contributed by atoms with Crippen molar-refractivity contribution in [2.24, 2.45) is 0 Å². The minimum absolute atomic E-state index is 0.125. The first-order valence-corrected chi connectivity index (χ1v) is 19.1. The van der Waals surface area contributed by atoms with E-state index in [0.29, 0.717) is 46.8 Å². The van der Waals surface area contributed by atoms with E-state index in [4.69, 9.17) is 43.4 Å². The minimum atomic E-state index is -4.13. The number of nitrogens with zero attached hydrogens (tertiary/aromatic N) is 8. The number of hydrogen-bond donors (Lipinski definition) is 4. The molecule has 46 heavy (non-hydrogen) atoms. The van der Waals surface area contributed by atoms with Crippen LogP contribution < -0.4 is 11.5 Å². The van der Waals surface area contributed by atoms with Gasteiger partial charge in [-0.3, -0.25) is 18.2 Å². The third kappa shape index (κ3) is 6.90. The highest BCUT2D eigenvalue weighted by molar-refractivity contribution is 8.52. The van der Waals surface area contributed by atoms with Gasteiger partial charge in [-0.1, -0.05) is 0 Å². The van der Waals surface area contributed by atoms with Crippen molar-refractivity contribution in [1.82, 2.24) is 39.0 Å². The average molecular weight is 721 g/mol. The van der Waals surface area contributed by atoms with E-state index in [1.165, 1.54) is 37.8 Å². The van der Waals surface area contributed by atoms with Gasteiger partial charge in [-0.15, -0.1) is 0 Å². The van der Waals surface area contributed by atoms with Crippen LogP contribution in [0.25, 0.3) is 22.3 Å². The predicted octanol–water partition coefficient (Wildman–Crippen LogP) is 1.45. The number of nitrogens with two attached hydrogens (primary N) is 2. The molecule has 2 aliphatic heterocycles. The van der Waals surface area contributed by atoms with Crippen LogP contribution in [0.2, 0.25) is 0 Å². The number of ether oxygens (including phenoxy) is 3. The van der Waals surface area contributed by atoms with Crippen molar-refractivity contribution in [2.45, 2.75) is 49.7 Å². The molecule has 250 valence electrons. The van der Waals surface area contributed by atoms with E-state index in [0.717, 1.165) is 0 Å². The number of aromatic nitrogens is 8. The van der Waals surface area contributed by atoms with Gasteiger partial charge in [-0.05, 0) is 24.6 Å². The SMILES string of the molecule is COSP(=O)(OC[C@@H]1CC[C@H](n2cnc3c(N)ncnc32)O1)O[C@H]1[C@@H](OC)[C@H](n2cnc3c(N)ncnc32)O[C@@H]1COP(O)(O)=S. The third-order valence-electron chi connectivity index (χ3n) is 7.24. The van der Waals surface area contributed by atoms with Gasteiger partial charge in [0.05, 0.1) is 39.1 Å². The fourth-order valence-electron chi connectivity index (χ4n) is 5.25. The van der Waals surface area contributed by atoms with Gasteiger partial charge in [0.2, 0.25) is 0 Å². The molecule has 2 fully saturated rings. The van der Waals surface area contributed by atoms with Gasteiger partial charge in [-0.25, -0.2) is 34.5 Å². The summed E-state index contributed by atoms with van der Waals surface area (Å²) in [4.78, 5) is 44.4. The molecule has 0 aliphatic carbocycles. The first-order valence-electron chi connectivity index (χ1n) is 13.6. The number of methoxy groups -OCH3 is 1. The molecule has 4 aromatic rings. The van der Waals surface area contributed by atoms with Gasteiger partial charge in [0.15, 0.2) is 29.2 Å². The van der Waals surface area contributed by atoms with E-state index in [-0.39, 0.29) is 18.2 Å². The maximum Gasteiger partial charge on any atom is 0.416 e. The Morgan fingerprint density at radius 2 is 1.59 bits per heavy atom. The standard InChI is InChI=1S/C22H30N10O10P2S2/c1-36-17-16(12(6-38-43(33,34)45)41-22(17)32-10-30-15-19(24)26-8-28-21(15)32)42-44(35,46-37-2)39-5-11-3-4-13(40-11)31-9-29-14-18(23)25-7-27-20(14)31/h7-13,16-17,22H,3-6H2,1-2H3,(H2,23,25,27)(H2,24,26,28)(H2,33,34,45)/t11-,12+,13+,16+,17+,22+,44?/m0/s1. The molecule has 0 amide bonds. The largest absolute Gasteiger partial charge is 0.416 e. The van der Waals surface area contributed by atoms with E-state index in [1.807, 2.05) is 0 Å². The molecule has 1 unspecified atom stereocenters. The Morgan fingerprint density at radius 1 is 0.935 bits per heavy atom. The van der Waals surface area contributed by atoms with Gasteiger partial charge in [0.25, 0.3) is 0 Å². The van der Waals surface area contributed by atoms with Crippen molar-refractivity contribution in [3.63, 3.8) is 0 Å². The molecule has 0 spiro atoms. The number of hydrogen-bond acceptors (Lipinski definition) is 18. The van der Waals surface area contributed by atoms with E-state index >= 15 is 0 Å². The van der Waals surface area contributed by atoms with Crippen LogP contribution in [0.5, 0.6) is 0 Å². The zero-order chi connectivity index (χ0) is 32.6. The zero-order valence-electron chi connectivity index (χ0n) is 24.2. The minimum Gasteiger partial charge on any atom is -0.382 e. The fourth-order valence-corrected chi connectivity index (χ4v) is 8.26. The monoisotopic (exact) mass is 720 g/mol. The van der Waals surface area contributed by atoms with Crippen molar-refractivity contribution < 1.29 is 46.3 Å². The Labute approximate surface area is 269 Å². The molecule has 24 heteroatoms. The molecular formula is C22H30N10O10P2S2. The highest BCUT2D eigenvalue weighted by Gasteiger charge is 2.51. The summed E-state index contributed by atoms with van der Waals surface area (Å²) in [7, 11) is 2.70. The van der Waals surface area contributed by atoms with Gasteiger partial charge < -0.3 is 44.2 Å². The lowest BCUT2D eigenvalue weighted by molar-refractivity contribution is -0.0567. The second kappa shape index (κ2) is 13.6. The molecular weight excluding hydrogens is 690 g/mol. The Morgan fingerprint density at radius 3 is 2.22 bits per heavy atom. The molecule has 0 bridgehead atoms. The number of anilines is 2.